The molecule has 0 aromatic carbocycles. The molecule has 0 aliphatic heterocycles. The van der Waals surface area contributed by atoms with Crippen LogP contribution in [0.15, 0.2) is 64.2 Å². The molecule has 3 aliphatic rings. The number of hydrogen-bond acceptors (Lipinski definition) is 4. The van der Waals surface area contributed by atoms with Gasteiger partial charge in [0.1, 0.15) is 6.73 Å². The maximum absolute atomic E-state index is 10.2. The maximum Gasteiger partial charge on any atom is 0.137 e. The molecule has 0 radical (unpaired) electrons. The van der Waals surface area contributed by atoms with E-state index in [-0.39, 0.29) is 10.8 Å². The fourth-order valence-corrected chi connectivity index (χ4v) is 6.34. The number of rotatable bonds is 8. The Morgan fingerprint density at radius 2 is 2.06 bits per heavy atom. The number of hydrogen-bond donors (Lipinski definition) is 2. The summed E-state index contributed by atoms with van der Waals surface area (Å²) in [7, 11) is 0. The van der Waals surface area contributed by atoms with E-state index in [2.05, 4.69) is 76.6 Å². The van der Waals surface area contributed by atoms with Crippen molar-refractivity contribution >= 4 is 5.71 Å². The molecular formula is C32H49NO3. The van der Waals surface area contributed by atoms with Crippen LogP contribution >= 0.6 is 0 Å². The number of fused-ring (bicyclic) bond motifs is 1. The van der Waals surface area contributed by atoms with Crippen LogP contribution < -0.4 is 0 Å². The first-order chi connectivity index (χ1) is 17.0. The average molecular weight is 496 g/mol. The molecule has 4 nitrogen and oxygen atoms in total. The Hall–Kier alpha value is -1.75. The first-order valence-corrected chi connectivity index (χ1v) is 13.9. The number of aliphatic imine (C=N–C) groups is 1. The molecule has 0 bridgehead atoms. The lowest BCUT2D eigenvalue weighted by Crippen LogP contribution is -2.32. The van der Waals surface area contributed by atoms with E-state index in [1.807, 2.05) is 6.92 Å². The summed E-state index contributed by atoms with van der Waals surface area (Å²) in [5.41, 5.74) is 6.15. The molecule has 0 heterocycles. The lowest BCUT2D eigenvalue weighted by molar-refractivity contribution is 0.0862. The summed E-state index contributed by atoms with van der Waals surface area (Å²) in [5.74, 6) is 1.03. The highest BCUT2D eigenvalue weighted by Gasteiger charge is 2.45. The molecule has 2 saturated carbocycles. The Morgan fingerprint density at radius 1 is 1.31 bits per heavy atom. The highest BCUT2D eigenvalue weighted by atomic mass is 16.5. The largest absolute Gasteiger partial charge is 0.393 e. The summed E-state index contributed by atoms with van der Waals surface area (Å²) < 4.78 is 5.46. The predicted molar refractivity (Wildman–Crippen MR) is 151 cm³/mol. The van der Waals surface area contributed by atoms with Crippen LogP contribution in [0.4, 0.5) is 0 Å². The minimum absolute atomic E-state index is 0.00611. The normalized spacial score (nSPS) is 32.9. The van der Waals surface area contributed by atoms with Crippen LogP contribution in [-0.2, 0) is 4.74 Å². The van der Waals surface area contributed by atoms with Crippen molar-refractivity contribution in [2.75, 3.05) is 13.3 Å². The smallest absolute Gasteiger partial charge is 0.137 e. The minimum atomic E-state index is -0.633. The molecule has 2 N–H and O–H groups in total. The summed E-state index contributed by atoms with van der Waals surface area (Å²) in [4.78, 5) is 4.68. The Labute approximate surface area is 219 Å². The van der Waals surface area contributed by atoms with Gasteiger partial charge in [0.2, 0.25) is 0 Å². The highest BCUT2D eigenvalue weighted by Crippen LogP contribution is 2.57. The monoisotopic (exact) mass is 495 g/mol. The van der Waals surface area contributed by atoms with E-state index >= 15 is 0 Å². The highest BCUT2D eigenvalue weighted by molar-refractivity contribution is 5.98. The topological polar surface area (TPSA) is 62.0 Å². The Bertz CT molecular complexity index is 945. The number of nitrogens with zero attached hydrogens (tertiary/aromatic N) is 1. The maximum atomic E-state index is 10.2. The average Bonchev–Trinajstić information content (AvgIpc) is 3.16. The van der Waals surface area contributed by atoms with Crippen molar-refractivity contribution in [1.82, 2.24) is 0 Å². The van der Waals surface area contributed by atoms with Crippen molar-refractivity contribution in [1.29, 1.82) is 0 Å². The van der Waals surface area contributed by atoms with Crippen molar-refractivity contribution in [3.05, 3.63) is 59.3 Å². The second-order valence-electron chi connectivity index (χ2n) is 12.2. The third-order valence-corrected chi connectivity index (χ3v) is 8.47. The molecule has 5 atom stereocenters. The molecule has 2 fully saturated rings. The van der Waals surface area contributed by atoms with Crippen molar-refractivity contribution in [3.8, 4) is 0 Å². The Kier molecular flexibility index (Phi) is 9.76. The molecule has 200 valence electrons. The van der Waals surface area contributed by atoms with Gasteiger partial charge in [0.05, 0.1) is 12.2 Å². The summed E-state index contributed by atoms with van der Waals surface area (Å²) in [5, 5.41) is 20.3. The van der Waals surface area contributed by atoms with Crippen LogP contribution in [0, 0.1) is 22.7 Å². The number of aliphatic hydroxyl groups excluding tert-OH is 2. The first-order valence-electron chi connectivity index (χ1n) is 13.9. The van der Waals surface area contributed by atoms with Crippen molar-refractivity contribution < 1.29 is 14.9 Å². The zero-order valence-electron chi connectivity index (χ0n) is 23.5. The van der Waals surface area contributed by atoms with Gasteiger partial charge in [0.25, 0.3) is 0 Å². The van der Waals surface area contributed by atoms with Gasteiger partial charge in [-0.3, -0.25) is 4.99 Å². The van der Waals surface area contributed by atoms with E-state index in [1.165, 1.54) is 18.4 Å². The van der Waals surface area contributed by atoms with Gasteiger partial charge < -0.3 is 14.9 Å². The van der Waals surface area contributed by atoms with Gasteiger partial charge in [-0.1, -0.05) is 76.6 Å². The van der Waals surface area contributed by atoms with Gasteiger partial charge in [-0.2, -0.15) is 0 Å². The lowest BCUT2D eigenvalue weighted by atomic mass is 9.62. The van der Waals surface area contributed by atoms with E-state index in [9.17, 15) is 10.2 Å². The van der Waals surface area contributed by atoms with Crippen LogP contribution in [-0.4, -0.2) is 41.5 Å². The van der Waals surface area contributed by atoms with Crippen LogP contribution in [0.3, 0.4) is 0 Å². The first kappa shape index (κ1) is 28.8. The summed E-state index contributed by atoms with van der Waals surface area (Å²) in [6, 6.07) is 0. The zero-order valence-corrected chi connectivity index (χ0v) is 23.5. The van der Waals surface area contributed by atoms with Gasteiger partial charge in [0.15, 0.2) is 0 Å². The number of aliphatic hydroxyl groups is 2. The molecule has 0 aromatic rings. The zero-order chi connectivity index (χ0) is 26.5. The molecule has 36 heavy (non-hydrogen) atoms. The molecule has 3 rings (SSSR count). The molecule has 4 heteroatoms. The minimum Gasteiger partial charge on any atom is -0.393 e. The summed E-state index contributed by atoms with van der Waals surface area (Å²) in [6.45, 7) is 18.6. The third-order valence-electron chi connectivity index (χ3n) is 8.47. The third kappa shape index (κ3) is 6.76. The van der Waals surface area contributed by atoms with Gasteiger partial charge in [-0.05, 0) is 79.9 Å². The number of allylic oxidation sites excluding steroid dienone is 7. The van der Waals surface area contributed by atoms with E-state index in [1.54, 1.807) is 5.57 Å². The van der Waals surface area contributed by atoms with Crippen molar-refractivity contribution in [2.24, 2.45) is 27.7 Å². The molecule has 0 saturated heterocycles. The SMILES string of the molecule is C=C1/C(=C\C=C2/CCC[C@]3(C)C([C@@H](C)C/C=C/C(=NCOCC)C(C)(C)C)=CC[C@@H]23)C[C@@H](O)C[C@@H]1O. The Balaban J connectivity index is 1.71. The Morgan fingerprint density at radius 3 is 2.75 bits per heavy atom. The predicted octanol–water partition coefficient (Wildman–Crippen LogP) is 7.11. The van der Waals surface area contributed by atoms with Crippen LogP contribution in [0.2, 0.25) is 0 Å². The fraction of sp³-hybridized carbons (Fsp3) is 0.656. The van der Waals surface area contributed by atoms with Crippen LogP contribution in [0.25, 0.3) is 0 Å². The van der Waals surface area contributed by atoms with Crippen molar-refractivity contribution in [2.45, 2.75) is 98.7 Å². The second kappa shape index (κ2) is 12.2. The van der Waals surface area contributed by atoms with Gasteiger partial charge >= 0.3 is 0 Å². The fourth-order valence-electron chi connectivity index (χ4n) is 6.34. The van der Waals surface area contributed by atoms with Gasteiger partial charge in [-0.25, -0.2) is 0 Å². The van der Waals surface area contributed by atoms with Crippen LogP contribution in [0.5, 0.6) is 0 Å². The van der Waals surface area contributed by atoms with E-state index in [4.69, 9.17) is 4.74 Å². The molecule has 3 aliphatic carbocycles. The molecule has 0 amide bonds. The second-order valence-corrected chi connectivity index (χ2v) is 12.2. The molecule has 0 unspecified atom stereocenters. The summed E-state index contributed by atoms with van der Waals surface area (Å²) in [6.07, 6.45) is 16.9. The van der Waals surface area contributed by atoms with E-state index in [0.717, 1.165) is 36.1 Å². The van der Waals surface area contributed by atoms with Crippen LogP contribution in [0.1, 0.15) is 86.5 Å². The molecule has 0 spiro atoms. The van der Waals surface area contributed by atoms with Crippen molar-refractivity contribution in [3.63, 3.8) is 0 Å². The van der Waals surface area contributed by atoms with E-state index in [0.29, 0.717) is 38.0 Å². The van der Waals surface area contributed by atoms with Gasteiger partial charge in [0, 0.05) is 24.2 Å². The quantitative estimate of drug-likeness (QED) is 0.214. The molecular weight excluding hydrogens is 446 g/mol. The standard InChI is InChI=1S/C32H49NO3/c1-8-36-21-33-30(31(4,5)6)13-9-11-22(2)27-16-17-28-24(12-10-18-32(27,28)7)14-15-25-19-26(34)20-29(35)23(25)3/h9,13-16,22,26,28-29,34-35H,3,8,10-12,17-21H2,1-2,4-7H3/b13-9+,24-14+,25-15-,33-30?/t22-,26+,28-,29-,32+/m0/s1. The van der Waals surface area contributed by atoms with Gasteiger partial charge in [-0.15, -0.1) is 0 Å². The lowest BCUT2D eigenvalue weighted by Gasteiger charge is -2.42. The van der Waals surface area contributed by atoms with E-state index < -0.39 is 12.2 Å². The number of ether oxygens (including phenoxy) is 1. The molecule has 0 aromatic heterocycles. The summed E-state index contributed by atoms with van der Waals surface area (Å²) >= 11 is 0.